The predicted molar refractivity (Wildman–Crippen MR) is 75.2 cm³/mol. The maximum atomic E-state index is 12.1. The van der Waals surface area contributed by atoms with Crippen LogP contribution in [-0.4, -0.2) is 33.0 Å². The summed E-state index contributed by atoms with van der Waals surface area (Å²) in [4.78, 5) is 11.3. The summed E-state index contributed by atoms with van der Waals surface area (Å²) in [6.07, 6.45) is 1.57. The Hall–Kier alpha value is -1.24. The van der Waals surface area contributed by atoms with E-state index in [1.165, 1.54) is 31.2 Å². The molecule has 0 aromatic heterocycles. The summed E-state index contributed by atoms with van der Waals surface area (Å²) in [5.74, 6) is -0.0829. The van der Waals surface area contributed by atoms with E-state index < -0.39 is 10.0 Å². The number of hydrogen-bond donors (Lipinski definition) is 1. The zero-order valence-electron chi connectivity index (χ0n) is 11.6. The summed E-state index contributed by atoms with van der Waals surface area (Å²) in [7, 11) is -3.52. The lowest BCUT2D eigenvalue weighted by Gasteiger charge is -2.35. The van der Waals surface area contributed by atoms with Crippen LogP contribution in [0.3, 0.4) is 0 Å². The SMILES string of the molecule is CCOC1CC(NS(=O)(=O)c2ccc(C(C)=O)cc2)C1. The Labute approximate surface area is 119 Å². The Morgan fingerprint density at radius 2 is 1.90 bits per heavy atom. The first-order chi connectivity index (χ1) is 9.42. The second-order valence-corrected chi connectivity index (χ2v) is 6.66. The van der Waals surface area contributed by atoms with Crippen molar-refractivity contribution in [2.45, 2.75) is 43.7 Å². The number of ketones is 1. The van der Waals surface area contributed by atoms with Gasteiger partial charge in [0.25, 0.3) is 0 Å². The molecule has 0 bridgehead atoms. The molecule has 1 fully saturated rings. The molecule has 1 aliphatic carbocycles. The van der Waals surface area contributed by atoms with Gasteiger partial charge < -0.3 is 4.74 Å². The van der Waals surface area contributed by atoms with Crippen LogP contribution in [-0.2, 0) is 14.8 Å². The molecule has 1 N–H and O–H groups in total. The largest absolute Gasteiger partial charge is 0.378 e. The Morgan fingerprint density at radius 3 is 2.40 bits per heavy atom. The third kappa shape index (κ3) is 3.45. The Balaban J connectivity index is 1.99. The van der Waals surface area contributed by atoms with Crippen molar-refractivity contribution in [2.75, 3.05) is 6.61 Å². The third-order valence-corrected chi connectivity index (χ3v) is 4.93. The highest BCUT2D eigenvalue weighted by Gasteiger charge is 2.33. The number of ether oxygens (including phenoxy) is 1. The summed E-state index contributed by atoms with van der Waals surface area (Å²) in [5.41, 5.74) is 0.504. The van der Waals surface area contributed by atoms with E-state index >= 15 is 0 Å². The Bertz CT molecular complexity index is 574. The molecule has 1 aliphatic rings. The van der Waals surface area contributed by atoms with Crippen molar-refractivity contribution in [3.63, 3.8) is 0 Å². The lowest BCUT2D eigenvalue weighted by Crippen LogP contribution is -2.47. The second kappa shape index (κ2) is 6.03. The van der Waals surface area contributed by atoms with Gasteiger partial charge >= 0.3 is 0 Å². The molecular weight excluding hydrogens is 278 g/mol. The molecule has 1 aromatic carbocycles. The number of Topliss-reactive ketones (excluding diaryl/α,β-unsaturated/α-hetero) is 1. The average Bonchev–Trinajstić information content (AvgIpc) is 2.36. The molecule has 0 radical (unpaired) electrons. The van der Waals surface area contributed by atoms with Crippen LogP contribution in [0.15, 0.2) is 29.2 Å². The van der Waals surface area contributed by atoms with E-state index in [1.807, 2.05) is 6.92 Å². The van der Waals surface area contributed by atoms with E-state index in [9.17, 15) is 13.2 Å². The lowest BCUT2D eigenvalue weighted by molar-refractivity contribution is -0.00476. The molecule has 0 amide bonds. The molecule has 0 spiro atoms. The zero-order chi connectivity index (χ0) is 14.8. The number of carbonyl (C=O) groups is 1. The molecule has 20 heavy (non-hydrogen) atoms. The van der Waals surface area contributed by atoms with Crippen LogP contribution in [0.25, 0.3) is 0 Å². The van der Waals surface area contributed by atoms with E-state index in [1.54, 1.807) is 0 Å². The van der Waals surface area contributed by atoms with Gasteiger partial charge in [-0.3, -0.25) is 4.79 Å². The van der Waals surface area contributed by atoms with Crippen LogP contribution < -0.4 is 4.72 Å². The van der Waals surface area contributed by atoms with Crippen LogP contribution in [0.2, 0.25) is 0 Å². The van der Waals surface area contributed by atoms with Crippen molar-refractivity contribution < 1.29 is 17.9 Å². The highest BCUT2D eigenvalue weighted by molar-refractivity contribution is 7.89. The molecule has 1 saturated carbocycles. The summed E-state index contributed by atoms with van der Waals surface area (Å²) in [6, 6.07) is 5.90. The molecule has 0 atom stereocenters. The van der Waals surface area contributed by atoms with Gasteiger partial charge in [-0.15, -0.1) is 0 Å². The Kier molecular flexibility index (Phi) is 4.57. The summed E-state index contributed by atoms with van der Waals surface area (Å²) in [5, 5.41) is 0. The Morgan fingerprint density at radius 1 is 1.30 bits per heavy atom. The van der Waals surface area contributed by atoms with E-state index in [-0.39, 0.29) is 22.8 Å². The van der Waals surface area contributed by atoms with Crippen molar-refractivity contribution >= 4 is 15.8 Å². The van der Waals surface area contributed by atoms with Gasteiger partial charge in [0.2, 0.25) is 10.0 Å². The molecule has 6 heteroatoms. The number of sulfonamides is 1. The number of rotatable bonds is 6. The van der Waals surface area contributed by atoms with E-state index in [0.717, 1.165) is 0 Å². The zero-order valence-corrected chi connectivity index (χ0v) is 12.4. The van der Waals surface area contributed by atoms with Gasteiger partial charge in [-0.2, -0.15) is 0 Å². The standard InChI is InChI=1S/C14H19NO4S/c1-3-19-13-8-12(9-13)15-20(17,18)14-6-4-11(5-7-14)10(2)16/h4-7,12-13,15H,3,8-9H2,1-2H3. The van der Waals surface area contributed by atoms with Crippen LogP contribution in [0.4, 0.5) is 0 Å². The van der Waals surface area contributed by atoms with E-state index in [2.05, 4.69) is 4.72 Å². The molecule has 5 nitrogen and oxygen atoms in total. The van der Waals surface area contributed by atoms with Gasteiger partial charge in [0.05, 0.1) is 11.0 Å². The summed E-state index contributed by atoms with van der Waals surface area (Å²) >= 11 is 0. The van der Waals surface area contributed by atoms with Crippen LogP contribution in [0.5, 0.6) is 0 Å². The fourth-order valence-electron chi connectivity index (χ4n) is 2.19. The number of hydrogen-bond acceptors (Lipinski definition) is 4. The minimum atomic E-state index is -3.52. The first-order valence-electron chi connectivity index (χ1n) is 6.67. The first-order valence-corrected chi connectivity index (χ1v) is 8.15. The van der Waals surface area contributed by atoms with Crippen LogP contribution in [0.1, 0.15) is 37.0 Å². The minimum absolute atomic E-state index is 0.0657. The highest BCUT2D eigenvalue weighted by atomic mass is 32.2. The molecule has 0 aliphatic heterocycles. The van der Waals surface area contributed by atoms with Crippen molar-refractivity contribution in [3.05, 3.63) is 29.8 Å². The van der Waals surface area contributed by atoms with Crippen LogP contribution >= 0.6 is 0 Å². The fourth-order valence-corrected chi connectivity index (χ4v) is 3.45. The molecule has 1 aromatic rings. The molecular formula is C14H19NO4S. The molecule has 0 unspecified atom stereocenters. The van der Waals surface area contributed by atoms with Crippen molar-refractivity contribution in [1.29, 1.82) is 0 Å². The molecule has 0 heterocycles. The maximum Gasteiger partial charge on any atom is 0.240 e. The highest BCUT2D eigenvalue weighted by Crippen LogP contribution is 2.25. The van der Waals surface area contributed by atoms with Crippen molar-refractivity contribution in [1.82, 2.24) is 4.72 Å². The molecule has 2 rings (SSSR count). The van der Waals surface area contributed by atoms with Gasteiger partial charge in [0.1, 0.15) is 0 Å². The van der Waals surface area contributed by atoms with Gasteiger partial charge in [-0.1, -0.05) is 12.1 Å². The minimum Gasteiger partial charge on any atom is -0.378 e. The van der Waals surface area contributed by atoms with Gasteiger partial charge in [-0.05, 0) is 38.8 Å². The number of carbonyl (C=O) groups excluding carboxylic acids is 1. The average molecular weight is 297 g/mol. The predicted octanol–water partition coefficient (Wildman–Crippen LogP) is 1.74. The van der Waals surface area contributed by atoms with E-state index in [0.29, 0.717) is 25.0 Å². The third-order valence-electron chi connectivity index (χ3n) is 3.39. The fraction of sp³-hybridized carbons (Fsp3) is 0.500. The van der Waals surface area contributed by atoms with Crippen molar-refractivity contribution in [3.8, 4) is 0 Å². The lowest BCUT2D eigenvalue weighted by atomic mass is 9.90. The smallest absolute Gasteiger partial charge is 0.240 e. The van der Waals surface area contributed by atoms with E-state index in [4.69, 9.17) is 4.74 Å². The normalized spacial score (nSPS) is 22.3. The second-order valence-electron chi connectivity index (χ2n) is 4.95. The number of benzene rings is 1. The first kappa shape index (κ1) is 15.2. The van der Waals surface area contributed by atoms with Gasteiger partial charge in [0, 0.05) is 18.2 Å². The topological polar surface area (TPSA) is 72.5 Å². The van der Waals surface area contributed by atoms with Gasteiger partial charge in [-0.25, -0.2) is 13.1 Å². The summed E-state index contributed by atoms with van der Waals surface area (Å²) in [6.45, 7) is 4.02. The maximum absolute atomic E-state index is 12.1. The molecule has 0 saturated heterocycles. The quantitative estimate of drug-likeness (QED) is 0.812. The van der Waals surface area contributed by atoms with Crippen molar-refractivity contribution in [2.24, 2.45) is 0 Å². The van der Waals surface area contributed by atoms with Gasteiger partial charge in [0.15, 0.2) is 5.78 Å². The van der Waals surface area contributed by atoms with Crippen LogP contribution in [0, 0.1) is 0 Å². The monoisotopic (exact) mass is 297 g/mol. The molecule has 110 valence electrons. The summed E-state index contributed by atoms with van der Waals surface area (Å²) < 4.78 is 32.3. The number of nitrogens with one attached hydrogen (secondary N) is 1.